The molecule has 150 valence electrons. The fourth-order valence-corrected chi connectivity index (χ4v) is 3.17. The van der Waals surface area contributed by atoms with E-state index in [2.05, 4.69) is 10.4 Å². The molecule has 0 bridgehead atoms. The molecular weight excluding hydrogens is 385 g/mol. The highest BCUT2D eigenvalue weighted by Gasteiger charge is 2.14. The molecule has 0 aliphatic rings. The summed E-state index contributed by atoms with van der Waals surface area (Å²) in [5.74, 6) is -0.0274. The Morgan fingerprint density at radius 2 is 1.77 bits per heavy atom. The minimum Gasteiger partial charge on any atom is -0.455 e. The number of anilines is 1. The number of hydrogen-bond donors (Lipinski definition) is 1. The van der Waals surface area contributed by atoms with Crippen LogP contribution in [0, 0.1) is 5.82 Å². The van der Waals surface area contributed by atoms with Gasteiger partial charge in [-0.2, -0.15) is 5.10 Å². The minimum absolute atomic E-state index is 0.0249. The molecule has 0 aliphatic heterocycles. The van der Waals surface area contributed by atoms with Gasteiger partial charge in [0, 0.05) is 18.5 Å². The number of amides is 1. The highest BCUT2D eigenvalue weighted by Crippen LogP contribution is 2.29. The van der Waals surface area contributed by atoms with Gasteiger partial charge in [-0.1, -0.05) is 36.4 Å². The average Bonchev–Trinajstić information content (AvgIpc) is 2.73. The van der Waals surface area contributed by atoms with Crippen LogP contribution in [0.3, 0.4) is 0 Å². The predicted molar refractivity (Wildman–Crippen MR) is 112 cm³/mol. The third kappa shape index (κ3) is 4.05. The summed E-state index contributed by atoms with van der Waals surface area (Å²) in [6.45, 7) is 0. The standard InChI is InChI=1S/C23H18FN3O3/c1-27-23(29)18-10-3-2-9-17(18)20(26-27)14-22(28)25-19-11-4-5-12-21(19)30-16-8-6-7-15(24)13-16/h2-13H,14H2,1H3,(H,25,28). The van der Waals surface area contributed by atoms with E-state index in [0.29, 0.717) is 33.7 Å². The lowest BCUT2D eigenvalue weighted by Crippen LogP contribution is -2.24. The molecule has 7 heteroatoms. The number of fused-ring (bicyclic) bond motifs is 1. The fraction of sp³-hybridized carbons (Fsp3) is 0.0870. The first-order chi connectivity index (χ1) is 14.5. The monoisotopic (exact) mass is 403 g/mol. The molecule has 0 atom stereocenters. The molecule has 0 spiro atoms. The van der Waals surface area contributed by atoms with Crippen molar-refractivity contribution in [2.45, 2.75) is 6.42 Å². The molecule has 1 heterocycles. The summed E-state index contributed by atoms with van der Waals surface area (Å²) in [5, 5.41) is 8.21. The summed E-state index contributed by atoms with van der Waals surface area (Å²) in [5.41, 5.74) is 0.721. The molecule has 1 aromatic heterocycles. The second-order valence-electron chi connectivity index (χ2n) is 6.70. The molecule has 1 amide bonds. The predicted octanol–water partition coefficient (Wildman–Crippen LogP) is 4.05. The summed E-state index contributed by atoms with van der Waals surface area (Å²) < 4.78 is 20.4. The SMILES string of the molecule is Cn1nc(CC(=O)Nc2ccccc2Oc2cccc(F)c2)c2ccccc2c1=O. The first kappa shape index (κ1) is 19.3. The van der Waals surface area contributed by atoms with E-state index in [9.17, 15) is 14.0 Å². The van der Waals surface area contributed by atoms with E-state index >= 15 is 0 Å². The van der Waals surface area contributed by atoms with Crippen molar-refractivity contribution in [1.29, 1.82) is 0 Å². The Morgan fingerprint density at radius 3 is 2.57 bits per heavy atom. The summed E-state index contributed by atoms with van der Waals surface area (Å²) in [6, 6.07) is 19.7. The number of para-hydroxylation sites is 2. The third-order valence-electron chi connectivity index (χ3n) is 4.55. The maximum absolute atomic E-state index is 13.4. The van der Waals surface area contributed by atoms with Crippen molar-refractivity contribution in [2.75, 3.05) is 5.32 Å². The zero-order valence-corrected chi connectivity index (χ0v) is 16.1. The molecule has 0 unspecified atom stereocenters. The second kappa shape index (κ2) is 8.16. The minimum atomic E-state index is -0.415. The van der Waals surface area contributed by atoms with Crippen LogP contribution < -0.4 is 15.6 Å². The van der Waals surface area contributed by atoms with Crippen molar-refractivity contribution < 1.29 is 13.9 Å². The first-order valence-corrected chi connectivity index (χ1v) is 9.28. The summed E-state index contributed by atoms with van der Waals surface area (Å²) in [7, 11) is 1.55. The molecule has 4 aromatic rings. The molecule has 0 saturated carbocycles. The van der Waals surface area contributed by atoms with Gasteiger partial charge in [0.05, 0.1) is 23.2 Å². The molecule has 3 aromatic carbocycles. The van der Waals surface area contributed by atoms with Crippen LogP contribution in [0.2, 0.25) is 0 Å². The van der Waals surface area contributed by atoms with Crippen LogP contribution in [0.5, 0.6) is 11.5 Å². The van der Waals surface area contributed by atoms with E-state index in [0.717, 1.165) is 0 Å². The highest BCUT2D eigenvalue weighted by atomic mass is 19.1. The largest absolute Gasteiger partial charge is 0.455 e. The van der Waals surface area contributed by atoms with Gasteiger partial charge in [-0.05, 0) is 30.3 Å². The van der Waals surface area contributed by atoms with E-state index < -0.39 is 5.82 Å². The van der Waals surface area contributed by atoms with E-state index in [1.807, 2.05) is 0 Å². The van der Waals surface area contributed by atoms with Gasteiger partial charge in [0.25, 0.3) is 5.56 Å². The Balaban J connectivity index is 1.58. The molecule has 0 aliphatic carbocycles. The Kier molecular flexibility index (Phi) is 5.26. The molecule has 30 heavy (non-hydrogen) atoms. The molecular formula is C23H18FN3O3. The Bertz CT molecular complexity index is 1300. The number of ether oxygens (including phenoxy) is 1. The van der Waals surface area contributed by atoms with Gasteiger partial charge in [-0.15, -0.1) is 0 Å². The van der Waals surface area contributed by atoms with Crippen LogP contribution in [-0.2, 0) is 18.3 Å². The second-order valence-corrected chi connectivity index (χ2v) is 6.70. The zero-order valence-electron chi connectivity index (χ0n) is 16.1. The van der Waals surface area contributed by atoms with Gasteiger partial charge >= 0.3 is 0 Å². The molecule has 0 saturated heterocycles. The average molecular weight is 403 g/mol. The number of aromatic nitrogens is 2. The van der Waals surface area contributed by atoms with Crippen LogP contribution in [0.25, 0.3) is 10.8 Å². The first-order valence-electron chi connectivity index (χ1n) is 9.28. The lowest BCUT2D eigenvalue weighted by molar-refractivity contribution is -0.115. The fourth-order valence-electron chi connectivity index (χ4n) is 3.17. The van der Waals surface area contributed by atoms with Crippen molar-refractivity contribution in [2.24, 2.45) is 7.05 Å². The maximum Gasteiger partial charge on any atom is 0.274 e. The molecule has 6 nitrogen and oxygen atoms in total. The van der Waals surface area contributed by atoms with Crippen LogP contribution in [0.1, 0.15) is 5.69 Å². The Morgan fingerprint density at radius 1 is 1.03 bits per heavy atom. The van der Waals surface area contributed by atoms with Gasteiger partial charge in [0.15, 0.2) is 5.75 Å². The number of aryl methyl sites for hydroxylation is 1. The number of halogens is 1. The van der Waals surface area contributed by atoms with Crippen LogP contribution in [0.4, 0.5) is 10.1 Å². The van der Waals surface area contributed by atoms with E-state index in [4.69, 9.17) is 4.74 Å². The Labute approximate surface area is 171 Å². The topological polar surface area (TPSA) is 73.2 Å². The smallest absolute Gasteiger partial charge is 0.274 e. The lowest BCUT2D eigenvalue weighted by Gasteiger charge is -2.13. The number of carbonyl (C=O) groups excluding carboxylic acids is 1. The number of nitrogens with one attached hydrogen (secondary N) is 1. The van der Waals surface area contributed by atoms with Crippen molar-refractivity contribution in [3.63, 3.8) is 0 Å². The number of benzene rings is 3. The number of nitrogens with zero attached hydrogens (tertiary/aromatic N) is 2. The van der Waals surface area contributed by atoms with Crippen LogP contribution in [-0.4, -0.2) is 15.7 Å². The quantitative estimate of drug-likeness (QED) is 0.546. The van der Waals surface area contributed by atoms with Gasteiger partial charge < -0.3 is 10.1 Å². The van der Waals surface area contributed by atoms with Gasteiger partial charge in [-0.3, -0.25) is 9.59 Å². The summed E-state index contributed by atoms with van der Waals surface area (Å²) in [4.78, 5) is 25.0. The molecule has 1 N–H and O–H groups in total. The van der Waals surface area contributed by atoms with Crippen molar-refractivity contribution in [3.8, 4) is 11.5 Å². The number of hydrogen-bond acceptors (Lipinski definition) is 4. The normalized spacial score (nSPS) is 10.7. The lowest BCUT2D eigenvalue weighted by atomic mass is 10.1. The van der Waals surface area contributed by atoms with Crippen LogP contribution in [0.15, 0.2) is 77.6 Å². The van der Waals surface area contributed by atoms with Crippen molar-refractivity contribution in [3.05, 3.63) is 94.7 Å². The van der Waals surface area contributed by atoms with Gasteiger partial charge in [0.2, 0.25) is 5.91 Å². The maximum atomic E-state index is 13.4. The number of rotatable bonds is 5. The van der Waals surface area contributed by atoms with E-state index in [1.165, 1.54) is 16.8 Å². The zero-order chi connectivity index (χ0) is 21.1. The van der Waals surface area contributed by atoms with E-state index in [-0.39, 0.29) is 17.9 Å². The summed E-state index contributed by atoms with van der Waals surface area (Å²) in [6.07, 6.45) is -0.0249. The van der Waals surface area contributed by atoms with Gasteiger partial charge in [0.1, 0.15) is 11.6 Å². The summed E-state index contributed by atoms with van der Waals surface area (Å²) >= 11 is 0. The molecule has 0 radical (unpaired) electrons. The van der Waals surface area contributed by atoms with Crippen LogP contribution >= 0.6 is 0 Å². The van der Waals surface area contributed by atoms with Crippen molar-refractivity contribution >= 4 is 22.4 Å². The third-order valence-corrected chi connectivity index (χ3v) is 4.55. The van der Waals surface area contributed by atoms with Gasteiger partial charge in [-0.25, -0.2) is 9.07 Å². The highest BCUT2D eigenvalue weighted by molar-refractivity contribution is 5.96. The molecule has 4 rings (SSSR count). The number of carbonyl (C=O) groups is 1. The molecule has 0 fully saturated rings. The Hall–Kier alpha value is -4.00. The van der Waals surface area contributed by atoms with E-state index in [1.54, 1.807) is 67.7 Å². The van der Waals surface area contributed by atoms with Crippen molar-refractivity contribution in [1.82, 2.24) is 9.78 Å².